The molecular formula is C18H23F3N4O3. The van der Waals surface area contributed by atoms with Crippen LogP contribution in [0.2, 0.25) is 0 Å². The molecule has 3 rings (SSSR count). The average molecular weight is 400 g/mol. The first-order chi connectivity index (χ1) is 13.2. The van der Waals surface area contributed by atoms with Crippen molar-refractivity contribution < 1.29 is 28.1 Å². The van der Waals surface area contributed by atoms with Gasteiger partial charge in [-0.2, -0.15) is 13.2 Å². The van der Waals surface area contributed by atoms with Crippen LogP contribution in [0.15, 0.2) is 30.7 Å². The molecule has 0 aliphatic heterocycles. The SMILES string of the molecule is Cn1ccnc1CNCC1(COc2ccc(C(F)(F)F)cn2)C[C@@H](O)[C@@H](O)C1. The van der Waals surface area contributed by atoms with E-state index in [1.807, 2.05) is 17.8 Å². The van der Waals surface area contributed by atoms with E-state index in [2.05, 4.69) is 15.3 Å². The van der Waals surface area contributed by atoms with E-state index in [1.54, 1.807) is 6.20 Å². The van der Waals surface area contributed by atoms with Gasteiger partial charge in [-0.3, -0.25) is 0 Å². The third-order valence-electron chi connectivity index (χ3n) is 5.02. The number of nitrogens with zero attached hydrogens (tertiary/aromatic N) is 3. The summed E-state index contributed by atoms with van der Waals surface area (Å²) in [7, 11) is 1.88. The van der Waals surface area contributed by atoms with Crippen LogP contribution < -0.4 is 10.1 Å². The fourth-order valence-corrected chi connectivity index (χ4v) is 3.42. The lowest BCUT2D eigenvalue weighted by molar-refractivity contribution is -0.137. The number of imidazole rings is 1. The summed E-state index contributed by atoms with van der Waals surface area (Å²) in [5.41, 5.74) is -1.42. The van der Waals surface area contributed by atoms with E-state index < -0.39 is 29.4 Å². The van der Waals surface area contributed by atoms with Crippen LogP contribution in [0, 0.1) is 5.41 Å². The molecule has 2 heterocycles. The average Bonchev–Trinajstić information content (AvgIpc) is 3.16. The fourth-order valence-electron chi connectivity index (χ4n) is 3.42. The van der Waals surface area contributed by atoms with Crippen molar-refractivity contribution in [3.05, 3.63) is 42.1 Å². The highest BCUT2D eigenvalue weighted by molar-refractivity contribution is 5.20. The minimum atomic E-state index is -4.46. The molecule has 0 aromatic carbocycles. The van der Waals surface area contributed by atoms with E-state index in [1.165, 1.54) is 6.07 Å². The molecule has 2 aromatic heterocycles. The zero-order valence-corrected chi connectivity index (χ0v) is 15.4. The minimum absolute atomic E-state index is 0.0624. The van der Waals surface area contributed by atoms with Crippen LogP contribution in [0.4, 0.5) is 13.2 Å². The van der Waals surface area contributed by atoms with Crippen LogP contribution in [-0.2, 0) is 19.8 Å². The van der Waals surface area contributed by atoms with Crippen molar-refractivity contribution in [2.45, 2.75) is 37.8 Å². The highest BCUT2D eigenvalue weighted by atomic mass is 19.4. The summed E-state index contributed by atoms with van der Waals surface area (Å²) in [5, 5.41) is 23.2. The van der Waals surface area contributed by atoms with Crippen molar-refractivity contribution in [1.29, 1.82) is 0 Å². The largest absolute Gasteiger partial charge is 0.477 e. The van der Waals surface area contributed by atoms with Gasteiger partial charge in [0.2, 0.25) is 5.88 Å². The first-order valence-corrected chi connectivity index (χ1v) is 8.88. The van der Waals surface area contributed by atoms with Gasteiger partial charge in [-0.15, -0.1) is 0 Å². The normalized spacial score (nSPS) is 25.2. The Morgan fingerprint density at radius 3 is 2.50 bits per heavy atom. The molecular weight excluding hydrogens is 377 g/mol. The lowest BCUT2D eigenvalue weighted by Crippen LogP contribution is -2.38. The van der Waals surface area contributed by atoms with Crippen molar-refractivity contribution in [2.75, 3.05) is 13.2 Å². The maximum absolute atomic E-state index is 12.6. The molecule has 1 saturated carbocycles. The van der Waals surface area contributed by atoms with Gasteiger partial charge in [-0.25, -0.2) is 9.97 Å². The van der Waals surface area contributed by atoms with E-state index in [0.717, 1.165) is 18.1 Å². The van der Waals surface area contributed by atoms with Gasteiger partial charge in [0.25, 0.3) is 0 Å². The summed E-state index contributed by atoms with van der Waals surface area (Å²) in [5.74, 6) is 0.895. The zero-order valence-electron chi connectivity index (χ0n) is 15.4. The topological polar surface area (TPSA) is 92.4 Å². The predicted octanol–water partition coefficient (Wildman–Crippen LogP) is 1.50. The van der Waals surface area contributed by atoms with Crippen LogP contribution in [0.5, 0.6) is 5.88 Å². The summed E-state index contributed by atoms with van der Waals surface area (Å²) < 4.78 is 45.4. The van der Waals surface area contributed by atoms with Gasteiger partial charge in [0.05, 0.1) is 30.9 Å². The van der Waals surface area contributed by atoms with Crippen LogP contribution in [0.25, 0.3) is 0 Å². The Morgan fingerprint density at radius 1 is 1.25 bits per heavy atom. The lowest BCUT2D eigenvalue weighted by atomic mass is 9.86. The Morgan fingerprint density at radius 2 is 1.96 bits per heavy atom. The Hall–Kier alpha value is -2.17. The van der Waals surface area contributed by atoms with Gasteiger partial charge < -0.3 is 24.8 Å². The van der Waals surface area contributed by atoms with Crippen LogP contribution in [-0.4, -0.2) is 50.1 Å². The minimum Gasteiger partial charge on any atom is -0.477 e. The lowest BCUT2D eigenvalue weighted by Gasteiger charge is -2.29. The van der Waals surface area contributed by atoms with Gasteiger partial charge in [0, 0.05) is 43.7 Å². The molecule has 28 heavy (non-hydrogen) atoms. The van der Waals surface area contributed by atoms with E-state index in [4.69, 9.17) is 4.74 Å². The predicted molar refractivity (Wildman–Crippen MR) is 93.3 cm³/mol. The monoisotopic (exact) mass is 400 g/mol. The number of aliphatic hydroxyl groups excluding tert-OH is 2. The standard InChI is InChI=1S/C18H23F3N4O3/c1-25-5-4-23-15(25)9-22-10-17(6-13(26)14(27)7-17)11-28-16-3-2-12(8-24-16)18(19,20)21/h2-5,8,13-14,22,26-27H,6-7,9-11H2,1H3/t13-,14+,17?. The summed E-state index contributed by atoms with van der Waals surface area (Å²) in [6.07, 6.45) is -1.35. The number of pyridine rings is 1. The van der Waals surface area contributed by atoms with Crippen LogP contribution >= 0.6 is 0 Å². The molecule has 1 aliphatic rings. The number of nitrogens with one attached hydrogen (secondary N) is 1. The van der Waals surface area contributed by atoms with Crippen molar-refractivity contribution >= 4 is 0 Å². The first kappa shape index (κ1) is 20.6. The van der Waals surface area contributed by atoms with E-state index in [0.29, 0.717) is 25.9 Å². The molecule has 0 amide bonds. The third-order valence-corrected chi connectivity index (χ3v) is 5.02. The first-order valence-electron chi connectivity index (χ1n) is 8.88. The molecule has 1 aliphatic carbocycles. The van der Waals surface area contributed by atoms with E-state index >= 15 is 0 Å². The number of hydrogen-bond donors (Lipinski definition) is 3. The zero-order chi connectivity index (χ0) is 20.4. The molecule has 0 bridgehead atoms. The van der Waals surface area contributed by atoms with Crippen LogP contribution in [0.1, 0.15) is 24.2 Å². The van der Waals surface area contributed by atoms with Gasteiger partial charge in [-0.1, -0.05) is 0 Å². The number of aryl methyl sites for hydroxylation is 1. The van der Waals surface area contributed by atoms with Crippen molar-refractivity contribution in [2.24, 2.45) is 12.5 Å². The molecule has 0 radical (unpaired) electrons. The smallest absolute Gasteiger partial charge is 0.417 e. The number of aromatic nitrogens is 3. The molecule has 1 unspecified atom stereocenters. The molecule has 154 valence electrons. The second-order valence-electron chi connectivity index (χ2n) is 7.27. The quantitative estimate of drug-likeness (QED) is 0.653. The highest BCUT2D eigenvalue weighted by Gasteiger charge is 2.44. The Kier molecular flexibility index (Phi) is 5.92. The summed E-state index contributed by atoms with van der Waals surface area (Å²) in [4.78, 5) is 7.93. The number of rotatable bonds is 7. The number of ether oxygens (including phenoxy) is 1. The van der Waals surface area contributed by atoms with Gasteiger partial charge in [0.1, 0.15) is 5.82 Å². The van der Waals surface area contributed by atoms with Gasteiger partial charge in [-0.05, 0) is 18.9 Å². The second kappa shape index (κ2) is 8.06. The molecule has 2 aromatic rings. The molecule has 1 fully saturated rings. The van der Waals surface area contributed by atoms with Gasteiger partial charge >= 0.3 is 6.18 Å². The Labute approximate surface area is 160 Å². The molecule has 7 nitrogen and oxygen atoms in total. The molecule has 10 heteroatoms. The maximum Gasteiger partial charge on any atom is 0.417 e. The molecule has 3 N–H and O–H groups in total. The maximum atomic E-state index is 12.6. The van der Waals surface area contributed by atoms with Crippen molar-refractivity contribution in [3.8, 4) is 5.88 Å². The second-order valence-corrected chi connectivity index (χ2v) is 7.27. The molecule has 3 atom stereocenters. The summed E-state index contributed by atoms with van der Waals surface area (Å²) in [6, 6.07) is 2.08. The van der Waals surface area contributed by atoms with E-state index in [-0.39, 0.29) is 12.5 Å². The van der Waals surface area contributed by atoms with Crippen molar-refractivity contribution in [3.63, 3.8) is 0 Å². The van der Waals surface area contributed by atoms with E-state index in [9.17, 15) is 23.4 Å². The fraction of sp³-hybridized carbons (Fsp3) is 0.556. The number of hydrogen-bond acceptors (Lipinski definition) is 6. The number of halogens is 3. The van der Waals surface area contributed by atoms with Crippen LogP contribution in [0.3, 0.4) is 0 Å². The molecule has 0 spiro atoms. The number of alkyl halides is 3. The number of aliphatic hydroxyl groups is 2. The van der Waals surface area contributed by atoms with Gasteiger partial charge in [0.15, 0.2) is 0 Å². The Balaban J connectivity index is 1.62. The van der Waals surface area contributed by atoms with Crippen molar-refractivity contribution in [1.82, 2.24) is 19.9 Å². The summed E-state index contributed by atoms with van der Waals surface area (Å²) in [6.45, 7) is 1.04. The highest BCUT2D eigenvalue weighted by Crippen LogP contribution is 2.39. The Bertz CT molecular complexity index is 769. The third kappa shape index (κ3) is 4.81. The molecule has 0 saturated heterocycles. The summed E-state index contributed by atoms with van der Waals surface area (Å²) >= 11 is 0.